The van der Waals surface area contributed by atoms with E-state index in [1.165, 1.54) is 0 Å². The van der Waals surface area contributed by atoms with Gasteiger partial charge in [-0.05, 0) is 36.8 Å². The SMILES string of the molecule is CCCNC(=O)[C@H](CC)N(Cc1cccc(C)c1)C(=O)COc1cccc2ccccc12. The lowest BCUT2D eigenvalue weighted by atomic mass is 10.1. The van der Waals surface area contributed by atoms with Crippen LogP contribution < -0.4 is 10.1 Å². The number of carbonyl (C=O) groups is 2. The third-order valence-electron chi connectivity index (χ3n) is 5.47. The van der Waals surface area contributed by atoms with Gasteiger partial charge in [0.1, 0.15) is 11.8 Å². The molecular formula is C27H32N2O3. The fraction of sp³-hybridized carbons (Fsp3) is 0.333. The van der Waals surface area contributed by atoms with Crippen LogP contribution in [0.5, 0.6) is 5.75 Å². The van der Waals surface area contributed by atoms with Crippen LogP contribution in [0.2, 0.25) is 0 Å². The Morgan fingerprint density at radius 2 is 1.75 bits per heavy atom. The van der Waals surface area contributed by atoms with Crippen LogP contribution in [-0.4, -0.2) is 35.9 Å². The van der Waals surface area contributed by atoms with Crippen molar-refractivity contribution in [2.24, 2.45) is 0 Å². The van der Waals surface area contributed by atoms with E-state index in [9.17, 15) is 9.59 Å². The monoisotopic (exact) mass is 432 g/mol. The van der Waals surface area contributed by atoms with Crippen LogP contribution in [0.4, 0.5) is 0 Å². The quantitative estimate of drug-likeness (QED) is 0.498. The molecule has 0 aliphatic rings. The first kappa shape index (κ1) is 23.3. The first-order valence-corrected chi connectivity index (χ1v) is 11.3. The largest absolute Gasteiger partial charge is 0.483 e. The molecule has 0 aliphatic carbocycles. The van der Waals surface area contributed by atoms with E-state index >= 15 is 0 Å². The molecule has 5 nitrogen and oxygen atoms in total. The Labute approximate surface area is 190 Å². The van der Waals surface area contributed by atoms with E-state index in [2.05, 4.69) is 5.32 Å². The summed E-state index contributed by atoms with van der Waals surface area (Å²) in [5.74, 6) is 0.328. The van der Waals surface area contributed by atoms with Crippen LogP contribution >= 0.6 is 0 Å². The Balaban J connectivity index is 1.82. The van der Waals surface area contributed by atoms with Crippen LogP contribution in [0.3, 0.4) is 0 Å². The average Bonchev–Trinajstić information content (AvgIpc) is 2.81. The standard InChI is InChI=1S/C27H32N2O3/c1-4-16-28-27(31)24(5-2)29(18-21-11-8-10-20(3)17-21)26(30)19-32-25-15-9-13-22-12-6-7-14-23(22)25/h6-15,17,24H,4-5,16,18-19H2,1-3H3,(H,28,31)/t24-/m0/s1. The smallest absolute Gasteiger partial charge is 0.261 e. The minimum Gasteiger partial charge on any atom is -0.483 e. The summed E-state index contributed by atoms with van der Waals surface area (Å²) in [6.45, 7) is 6.78. The number of nitrogens with one attached hydrogen (secondary N) is 1. The third kappa shape index (κ3) is 5.88. The maximum absolute atomic E-state index is 13.3. The van der Waals surface area contributed by atoms with E-state index < -0.39 is 6.04 Å². The molecule has 0 unspecified atom stereocenters. The van der Waals surface area contributed by atoms with Gasteiger partial charge in [0, 0.05) is 18.5 Å². The highest BCUT2D eigenvalue weighted by molar-refractivity contribution is 5.90. The van der Waals surface area contributed by atoms with Gasteiger partial charge in [-0.3, -0.25) is 9.59 Å². The highest BCUT2D eigenvalue weighted by Gasteiger charge is 2.28. The number of benzene rings is 3. The van der Waals surface area contributed by atoms with E-state index in [4.69, 9.17) is 4.74 Å². The Bertz CT molecular complexity index is 1060. The molecule has 32 heavy (non-hydrogen) atoms. The Kier molecular flexibility index (Phi) is 8.26. The summed E-state index contributed by atoms with van der Waals surface area (Å²) in [6, 6.07) is 21.2. The highest BCUT2D eigenvalue weighted by atomic mass is 16.5. The average molecular weight is 433 g/mol. The molecule has 3 rings (SSSR count). The lowest BCUT2D eigenvalue weighted by molar-refractivity contribution is -0.142. The number of carbonyl (C=O) groups excluding carboxylic acids is 2. The molecule has 1 atom stereocenters. The molecule has 0 fully saturated rings. The lowest BCUT2D eigenvalue weighted by Crippen LogP contribution is -2.50. The van der Waals surface area contributed by atoms with Gasteiger partial charge in [0.15, 0.2) is 6.61 Å². The van der Waals surface area contributed by atoms with Crippen molar-refractivity contribution < 1.29 is 14.3 Å². The van der Waals surface area contributed by atoms with E-state index in [-0.39, 0.29) is 18.4 Å². The molecule has 0 spiro atoms. The van der Waals surface area contributed by atoms with E-state index in [1.807, 2.05) is 87.5 Å². The number of ether oxygens (including phenoxy) is 1. The summed E-state index contributed by atoms with van der Waals surface area (Å²) in [7, 11) is 0. The van der Waals surface area contributed by atoms with Crippen LogP contribution in [0, 0.1) is 6.92 Å². The summed E-state index contributed by atoms with van der Waals surface area (Å²) >= 11 is 0. The highest BCUT2D eigenvalue weighted by Crippen LogP contribution is 2.25. The normalized spacial score (nSPS) is 11.7. The first-order valence-electron chi connectivity index (χ1n) is 11.3. The minimum absolute atomic E-state index is 0.125. The lowest BCUT2D eigenvalue weighted by Gasteiger charge is -2.30. The fourth-order valence-electron chi connectivity index (χ4n) is 3.84. The third-order valence-corrected chi connectivity index (χ3v) is 5.47. The molecule has 2 amide bonds. The molecule has 3 aromatic carbocycles. The second-order valence-electron chi connectivity index (χ2n) is 7.99. The molecule has 0 aromatic heterocycles. The summed E-state index contributed by atoms with van der Waals surface area (Å²) in [4.78, 5) is 27.8. The van der Waals surface area contributed by atoms with Gasteiger partial charge >= 0.3 is 0 Å². The van der Waals surface area contributed by atoms with Crippen LogP contribution in [0.1, 0.15) is 37.8 Å². The molecule has 0 saturated heterocycles. The predicted molar refractivity (Wildman–Crippen MR) is 129 cm³/mol. The van der Waals surface area contributed by atoms with E-state index in [0.29, 0.717) is 25.3 Å². The molecular weight excluding hydrogens is 400 g/mol. The number of fused-ring (bicyclic) bond motifs is 1. The molecule has 0 heterocycles. The van der Waals surface area contributed by atoms with Gasteiger partial charge < -0.3 is 15.0 Å². The van der Waals surface area contributed by atoms with Gasteiger partial charge in [-0.1, -0.05) is 80.1 Å². The molecule has 5 heteroatoms. The van der Waals surface area contributed by atoms with Crippen LogP contribution in [-0.2, 0) is 16.1 Å². The van der Waals surface area contributed by atoms with Gasteiger partial charge in [0.25, 0.3) is 5.91 Å². The number of hydrogen-bond donors (Lipinski definition) is 1. The van der Waals surface area contributed by atoms with Crippen molar-refractivity contribution in [3.63, 3.8) is 0 Å². The molecule has 0 bridgehead atoms. The Morgan fingerprint density at radius 1 is 1.00 bits per heavy atom. The molecule has 168 valence electrons. The van der Waals surface area contributed by atoms with Crippen molar-refractivity contribution in [2.45, 2.75) is 46.2 Å². The van der Waals surface area contributed by atoms with Gasteiger partial charge in [-0.15, -0.1) is 0 Å². The maximum atomic E-state index is 13.3. The number of aryl methyl sites for hydroxylation is 1. The summed E-state index contributed by atoms with van der Waals surface area (Å²) in [5.41, 5.74) is 2.11. The fourth-order valence-corrected chi connectivity index (χ4v) is 3.84. The van der Waals surface area contributed by atoms with Crippen molar-refractivity contribution in [2.75, 3.05) is 13.2 Å². The summed E-state index contributed by atoms with van der Waals surface area (Å²) < 4.78 is 5.96. The molecule has 3 aromatic rings. The van der Waals surface area contributed by atoms with Crippen LogP contribution in [0.15, 0.2) is 66.7 Å². The maximum Gasteiger partial charge on any atom is 0.261 e. The first-order chi connectivity index (χ1) is 15.5. The van der Waals surface area contributed by atoms with Gasteiger partial charge in [-0.25, -0.2) is 0 Å². The number of amides is 2. The second-order valence-corrected chi connectivity index (χ2v) is 7.99. The summed E-state index contributed by atoms with van der Waals surface area (Å²) in [6.07, 6.45) is 1.37. The number of rotatable bonds is 10. The molecule has 0 saturated carbocycles. The van der Waals surface area contributed by atoms with Crippen molar-refractivity contribution in [3.8, 4) is 5.75 Å². The zero-order chi connectivity index (χ0) is 22.9. The van der Waals surface area contributed by atoms with Crippen molar-refractivity contribution >= 4 is 22.6 Å². The summed E-state index contributed by atoms with van der Waals surface area (Å²) in [5, 5.41) is 4.95. The zero-order valence-electron chi connectivity index (χ0n) is 19.1. The zero-order valence-corrected chi connectivity index (χ0v) is 19.1. The van der Waals surface area contributed by atoms with E-state index in [1.54, 1.807) is 4.90 Å². The number of nitrogens with zero attached hydrogens (tertiary/aromatic N) is 1. The Morgan fingerprint density at radius 3 is 2.50 bits per heavy atom. The molecule has 1 N–H and O–H groups in total. The second kappa shape index (κ2) is 11.3. The Hall–Kier alpha value is -3.34. The minimum atomic E-state index is -0.550. The van der Waals surface area contributed by atoms with Gasteiger partial charge in [-0.2, -0.15) is 0 Å². The van der Waals surface area contributed by atoms with Gasteiger partial charge in [0.2, 0.25) is 5.91 Å². The van der Waals surface area contributed by atoms with Gasteiger partial charge in [0.05, 0.1) is 0 Å². The van der Waals surface area contributed by atoms with Crippen molar-refractivity contribution in [1.29, 1.82) is 0 Å². The predicted octanol–water partition coefficient (Wildman–Crippen LogP) is 4.86. The number of hydrogen-bond acceptors (Lipinski definition) is 3. The topological polar surface area (TPSA) is 58.6 Å². The van der Waals surface area contributed by atoms with Crippen molar-refractivity contribution in [3.05, 3.63) is 77.9 Å². The van der Waals surface area contributed by atoms with Crippen LogP contribution in [0.25, 0.3) is 10.8 Å². The molecule has 0 radical (unpaired) electrons. The molecule has 0 aliphatic heterocycles. The van der Waals surface area contributed by atoms with E-state index in [0.717, 1.165) is 28.3 Å². The van der Waals surface area contributed by atoms with Crippen molar-refractivity contribution in [1.82, 2.24) is 10.2 Å².